The van der Waals surface area contributed by atoms with Crippen LogP contribution in [0.2, 0.25) is 0 Å². The molecule has 9 heteroatoms. The fourth-order valence-electron chi connectivity index (χ4n) is 5.21. The zero-order valence-electron chi connectivity index (χ0n) is 18.8. The van der Waals surface area contributed by atoms with Crippen LogP contribution in [-0.4, -0.2) is 53.5 Å². The minimum atomic E-state index is -0.854. The summed E-state index contributed by atoms with van der Waals surface area (Å²) < 4.78 is 22.7. The second kappa shape index (κ2) is 7.68. The first-order valence-corrected chi connectivity index (χ1v) is 11.1. The van der Waals surface area contributed by atoms with Gasteiger partial charge in [0.2, 0.25) is 6.79 Å². The summed E-state index contributed by atoms with van der Waals surface area (Å²) in [5.74, 6) is 1.80. The number of rotatable bonds is 6. The fraction of sp³-hybridized carbons (Fsp3) is 0.320. The Bertz CT molecular complexity index is 1490. The topological polar surface area (TPSA) is 116 Å². The lowest BCUT2D eigenvalue weighted by Crippen LogP contribution is -2.55. The lowest BCUT2D eigenvalue weighted by atomic mass is 9.84. The predicted octanol–water partition coefficient (Wildman–Crippen LogP) is 1.04. The number of ether oxygens (including phenoxy) is 4. The Morgan fingerprint density at radius 1 is 1.15 bits per heavy atom. The number of nitrogens with zero attached hydrogens (tertiary/aromatic N) is 1. The predicted molar refractivity (Wildman–Crippen MR) is 122 cm³/mol. The molecule has 0 amide bonds. The van der Waals surface area contributed by atoms with E-state index >= 15 is 0 Å². The van der Waals surface area contributed by atoms with Gasteiger partial charge < -0.3 is 28.9 Å². The van der Waals surface area contributed by atoms with E-state index in [1.807, 2.05) is 6.08 Å². The van der Waals surface area contributed by atoms with Crippen LogP contribution < -0.4 is 25.5 Å². The van der Waals surface area contributed by atoms with Gasteiger partial charge in [-0.25, -0.2) is 4.98 Å². The number of fused-ring (bicyclic) bond motifs is 6. The summed E-state index contributed by atoms with van der Waals surface area (Å²) in [7, 11) is 3.21. The van der Waals surface area contributed by atoms with E-state index in [1.165, 1.54) is 0 Å². The maximum Gasteiger partial charge on any atom is 0.256 e. The molecule has 2 unspecified atom stereocenters. The minimum absolute atomic E-state index is 0.108. The van der Waals surface area contributed by atoms with Gasteiger partial charge in [-0.2, -0.15) is 0 Å². The summed E-state index contributed by atoms with van der Waals surface area (Å²) in [6.07, 6.45) is 8.77. The first-order chi connectivity index (χ1) is 16.5. The Morgan fingerprint density at radius 2 is 1.94 bits per heavy atom. The molecule has 0 saturated carbocycles. The molecule has 0 bridgehead atoms. The number of methoxy groups -OCH3 is 2. The van der Waals surface area contributed by atoms with Crippen molar-refractivity contribution in [2.24, 2.45) is 0 Å². The van der Waals surface area contributed by atoms with E-state index in [4.69, 9.17) is 18.9 Å². The highest BCUT2D eigenvalue weighted by Gasteiger charge is 2.40. The number of carbonyl (C=O) groups excluding carboxylic acids is 1. The lowest BCUT2D eigenvalue weighted by molar-refractivity contribution is -0.0542. The Morgan fingerprint density at radius 3 is 2.65 bits per heavy atom. The molecule has 2 aliphatic carbocycles. The fourth-order valence-corrected chi connectivity index (χ4v) is 5.21. The summed E-state index contributed by atoms with van der Waals surface area (Å²) in [4.78, 5) is 37.0. The van der Waals surface area contributed by atoms with Crippen molar-refractivity contribution in [1.29, 1.82) is 0 Å². The molecule has 0 saturated heterocycles. The van der Waals surface area contributed by atoms with Gasteiger partial charge in [-0.05, 0) is 42.3 Å². The molecule has 34 heavy (non-hydrogen) atoms. The van der Waals surface area contributed by atoms with Crippen molar-refractivity contribution in [3.63, 3.8) is 0 Å². The maximum atomic E-state index is 13.5. The van der Waals surface area contributed by atoms with Crippen molar-refractivity contribution in [3.8, 4) is 22.8 Å². The molecular weight excluding hydrogens is 438 g/mol. The van der Waals surface area contributed by atoms with E-state index in [0.717, 1.165) is 18.7 Å². The van der Waals surface area contributed by atoms with E-state index in [1.54, 1.807) is 44.8 Å². The average Bonchev–Trinajstić information content (AvgIpc) is 3.58. The molecule has 1 aliphatic heterocycles. The number of carbonyl (C=O) groups is 1. The summed E-state index contributed by atoms with van der Waals surface area (Å²) in [6.45, 7) is 0.108. The number of aromatic nitrogens is 3. The molecule has 1 aromatic carbocycles. The zero-order valence-corrected chi connectivity index (χ0v) is 18.8. The van der Waals surface area contributed by atoms with E-state index in [-0.39, 0.29) is 18.1 Å². The molecule has 0 radical (unpaired) electrons. The van der Waals surface area contributed by atoms with Gasteiger partial charge in [0.15, 0.2) is 17.3 Å². The van der Waals surface area contributed by atoms with Gasteiger partial charge in [-0.3, -0.25) is 9.59 Å². The minimum Gasteiger partial charge on any atom is -0.454 e. The van der Waals surface area contributed by atoms with Gasteiger partial charge in [0.05, 0.1) is 11.3 Å². The van der Waals surface area contributed by atoms with Gasteiger partial charge in [0.1, 0.15) is 17.5 Å². The molecule has 0 spiro atoms. The van der Waals surface area contributed by atoms with Gasteiger partial charge in [0.25, 0.3) is 5.56 Å². The van der Waals surface area contributed by atoms with E-state index in [2.05, 4.69) is 15.0 Å². The van der Waals surface area contributed by atoms with Crippen LogP contribution in [0.1, 0.15) is 34.6 Å². The third-order valence-electron chi connectivity index (χ3n) is 6.90. The summed E-state index contributed by atoms with van der Waals surface area (Å²) in [5, 5.41) is 0.973. The highest BCUT2D eigenvalue weighted by molar-refractivity contribution is 6.21. The maximum absolute atomic E-state index is 13.5. The number of hydrogen-bond acceptors (Lipinski definition) is 7. The number of benzene rings is 1. The standard InChI is InChI=1S/C25H23N3O6/c1-31-19-10-13-16(11-25(19,32-2)5-3-4-20-26-6-7-27-20)24(30)28-22-14-8-17-18(34-12-33-17)9-15(14)23(29)21(13)22/h6-11,19H,3-5,12H2,1-2H3,(H,26,27)(H,28,30). The first kappa shape index (κ1) is 20.9. The highest BCUT2D eigenvalue weighted by Crippen LogP contribution is 2.42. The molecule has 2 aromatic heterocycles. The van der Waals surface area contributed by atoms with Crippen LogP contribution in [0.15, 0.2) is 29.3 Å². The summed E-state index contributed by atoms with van der Waals surface area (Å²) in [6, 6.07) is 3.43. The van der Waals surface area contributed by atoms with Gasteiger partial charge in [0, 0.05) is 49.4 Å². The number of aryl methyl sites for hydroxylation is 1. The second-order valence-electron chi connectivity index (χ2n) is 8.63. The third-order valence-corrected chi connectivity index (χ3v) is 6.90. The summed E-state index contributed by atoms with van der Waals surface area (Å²) in [5.41, 5.74) is 0.912. The molecule has 0 fully saturated rings. The average molecular weight is 461 g/mol. The molecular formula is C25H23N3O6. The van der Waals surface area contributed by atoms with Gasteiger partial charge in [-0.15, -0.1) is 0 Å². The molecule has 2 N–H and O–H groups in total. The summed E-state index contributed by atoms with van der Waals surface area (Å²) >= 11 is 0. The van der Waals surface area contributed by atoms with Crippen LogP contribution in [0.4, 0.5) is 0 Å². The Hall–Kier alpha value is -3.69. The number of ketones is 1. The number of H-pyrrole nitrogens is 2. The van der Waals surface area contributed by atoms with Crippen molar-refractivity contribution < 1.29 is 23.7 Å². The SMILES string of the molecule is COC1C=c2c3c([nH]c(=O)c2=CC1(CCCc1ncc[nH]1)OC)-c1cc2c(cc1C3=O)OCO2. The monoisotopic (exact) mass is 461 g/mol. The number of aromatic amines is 2. The molecule has 2 atom stereocenters. The van der Waals surface area contributed by atoms with Crippen molar-refractivity contribution in [1.82, 2.24) is 15.0 Å². The Kier molecular flexibility index (Phi) is 4.72. The van der Waals surface area contributed by atoms with Crippen molar-refractivity contribution in [2.75, 3.05) is 21.0 Å². The van der Waals surface area contributed by atoms with Crippen LogP contribution >= 0.6 is 0 Å². The van der Waals surface area contributed by atoms with Gasteiger partial charge >= 0.3 is 0 Å². The van der Waals surface area contributed by atoms with Crippen molar-refractivity contribution in [3.05, 3.63) is 62.3 Å². The molecule has 3 heterocycles. The van der Waals surface area contributed by atoms with Crippen molar-refractivity contribution in [2.45, 2.75) is 31.0 Å². The normalized spacial score (nSPS) is 21.5. The molecule has 174 valence electrons. The quantitative estimate of drug-likeness (QED) is 0.441. The van der Waals surface area contributed by atoms with Crippen LogP contribution in [0, 0.1) is 0 Å². The second-order valence-corrected chi connectivity index (χ2v) is 8.63. The number of hydrogen-bond donors (Lipinski definition) is 2. The zero-order chi connectivity index (χ0) is 23.4. The molecule has 3 aliphatic rings. The molecule has 6 rings (SSSR count). The number of imidazole rings is 1. The highest BCUT2D eigenvalue weighted by atomic mass is 16.7. The van der Waals surface area contributed by atoms with Crippen LogP contribution in [-0.2, 0) is 15.9 Å². The smallest absolute Gasteiger partial charge is 0.256 e. The van der Waals surface area contributed by atoms with Crippen LogP contribution in [0.3, 0.4) is 0 Å². The lowest BCUT2D eigenvalue weighted by Gasteiger charge is -2.36. The number of pyridine rings is 1. The van der Waals surface area contributed by atoms with Crippen molar-refractivity contribution >= 4 is 17.9 Å². The molecule has 3 aromatic rings. The third kappa shape index (κ3) is 2.97. The van der Waals surface area contributed by atoms with Gasteiger partial charge in [-0.1, -0.05) is 0 Å². The van der Waals surface area contributed by atoms with E-state index in [0.29, 0.717) is 50.7 Å². The Balaban J connectivity index is 1.47. The van der Waals surface area contributed by atoms with E-state index in [9.17, 15) is 9.59 Å². The number of nitrogens with one attached hydrogen (secondary N) is 2. The van der Waals surface area contributed by atoms with E-state index < -0.39 is 11.7 Å². The van der Waals surface area contributed by atoms with Crippen LogP contribution in [0.25, 0.3) is 23.4 Å². The first-order valence-electron chi connectivity index (χ1n) is 11.1. The van der Waals surface area contributed by atoms with Crippen LogP contribution in [0.5, 0.6) is 11.5 Å². The molecule has 9 nitrogen and oxygen atoms in total. The Labute approximate surface area is 194 Å². The largest absolute Gasteiger partial charge is 0.454 e.